The van der Waals surface area contributed by atoms with Crippen LogP contribution in [0.1, 0.15) is 33.1 Å². The number of nitrogens with one attached hydrogen (secondary N) is 3. The molecule has 2 amide bonds. The van der Waals surface area contributed by atoms with E-state index in [1.807, 2.05) is 85.8 Å². The first kappa shape index (κ1) is 27.3. The zero-order chi connectivity index (χ0) is 27.5. The van der Waals surface area contributed by atoms with Gasteiger partial charge in [0.2, 0.25) is 5.91 Å². The van der Waals surface area contributed by atoms with Gasteiger partial charge in [-0.1, -0.05) is 60.2 Å². The molecule has 7 nitrogen and oxygen atoms in total. The van der Waals surface area contributed by atoms with Crippen molar-refractivity contribution in [2.45, 2.75) is 19.6 Å². The summed E-state index contributed by atoms with van der Waals surface area (Å²) in [7, 11) is 1.62. The van der Waals surface area contributed by atoms with Crippen LogP contribution in [0.25, 0.3) is 0 Å². The van der Waals surface area contributed by atoms with Gasteiger partial charge >= 0.3 is 0 Å². The average Bonchev–Trinajstić information content (AvgIpc) is 2.98. The van der Waals surface area contributed by atoms with Gasteiger partial charge in [-0.3, -0.25) is 9.59 Å². The fraction of sp³-hybridized carbons (Fsp3) is 0.188. The summed E-state index contributed by atoms with van der Waals surface area (Å²) in [4.78, 5) is 26.3. The molecule has 0 aliphatic rings. The Bertz CT molecular complexity index is 1360. The second-order valence-electron chi connectivity index (χ2n) is 9.07. The van der Waals surface area contributed by atoms with Gasteiger partial charge in [0.15, 0.2) is 0 Å². The summed E-state index contributed by atoms with van der Waals surface area (Å²) >= 11 is 0. The molecule has 0 saturated heterocycles. The number of hydrogen-bond acceptors (Lipinski definition) is 5. The minimum atomic E-state index is -0.873. The van der Waals surface area contributed by atoms with Gasteiger partial charge in [-0.2, -0.15) is 0 Å². The highest BCUT2D eigenvalue weighted by Gasteiger charge is 2.23. The van der Waals surface area contributed by atoms with Crippen molar-refractivity contribution in [2.75, 3.05) is 25.5 Å². The van der Waals surface area contributed by atoms with E-state index in [2.05, 4.69) is 16.0 Å². The third kappa shape index (κ3) is 8.10. The Balaban J connectivity index is 1.41. The van der Waals surface area contributed by atoms with Crippen molar-refractivity contribution in [3.05, 3.63) is 125 Å². The summed E-state index contributed by atoms with van der Waals surface area (Å²) in [6.07, 6.45) is 0. The first-order chi connectivity index (χ1) is 19.0. The van der Waals surface area contributed by atoms with Gasteiger partial charge in [-0.05, 0) is 66.6 Å². The highest BCUT2D eigenvalue weighted by Crippen LogP contribution is 2.20. The molecule has 39 heavy (non-hydrogen) atoms. The van der Waals surface area contributed by atoms with Crippen molar-refractivity contribution in [1.29, 1.82) is 0 Å². The van der Waals surface area contributed by atoms with E-state index < -0.39 is 6.04 Å². The lowest BCUT2D eigenvalue weighted by molar-refractivity contribution is -0.123. The van der Waals surface area contributed by atoms with E-state index in [0.29, 0.717) is 36.6 Å². The summed E-state index contributed by atoms with van der Waals surface area (Å²) in [6, 6.07) is 31.1. The molecule has 0 aromatic heterocycles. The van der Waals surface area contributed by atoms with Crippen LogP contribution in [0.2, 0.25) is 0 Å². The molecular formula is C32H33N3O4. The quantitative estimate of drug-likeness (QED) is 0.220. The fourth-order valence-corrected chi connectivity index (χ4v) is 4.00. The van der Waals surface area contributed by atoms with Crippen LogP contribution in [0.4, 0.5) is 5.69 Å². The van der Waals surface area contributed by atoms with Gasteiger partial charge in [0.25, 0.3) is 5.91 Å². The number of aryl methyl sites for hydroxylation is 1. The molecule has 4 rings (SSSR count). The smallest absolute Gasteiger partial charge is 0.252 e. The molecule has 1 atom stereocenters. The van der Waals surface area contributed by atoms with Crippen molar-refractivity contribution in [3.8, 4) is 11.5 Å². The highest BCUT2D eigenvalue weighted by molar-refractivity contribution is 5.98. The maximum Gasteiger partial charge on any atom is 0.252 e. The van der Waals surface area contributed by atoms with Crippen LogP contribution in [0, 0.1) is 6.92 Å². The SMILES string of the molecule is COc1ccc(NCCNC(=O)C(NC(=O)c2cccc(C)c2)c2ccc(OCc3ccccc3)cc2)cc1. The molecule has 0 bridgehead atoms. The number of hydrogen-bond donors (Lipinski definition) is 3. The van der Waals surface area contributed by atoms with E-state index in [9.17, 15) is 9.59 Å². The third-order valence-electron chi connectivity index (χ3n) is 6.12. The molecule has 0 aliphatic carbocycles. The number of carbonyl (C=O) groups is 2. The van der Waals surface area contributed by atoms with Crippen molar-refractivity contribution in [1.82, 2.24) is 10.6 Å². The van der Waals surface area contributed by atoms with Crippen molar-refractivity contribution >= 4 is 17.5 Å². The maximum absolute atomic E-state index is 13.3. The van der Waals surface area contributed by atoms with Gasteiger partial charge in [-0.25, -0.2) is 0 Å². The molecule has 0 saturated carbocycles. The molecule has 0 radical (unpaired) electrons. The number of rotatable bonds is 12. The largest absolute Gasteiger partial charge is 0.497 e. The highest BCUT2D eigenvalue weighted by atomic mass is 16.5. The van der Waals surface area contributed by atoms with Gasteiger partial charge in [0, 0.05) is 24.3 Å². The molecule has 4 aromatic rings. The molecule has 3 N–H and O–H groups in total. The van der Waals surface area contributed by atoms with Crippen LogP contribution >= 0.6 is 0 Å². The topological polar surface area (TPSA) is 88.7 Å². The Hall–Kier alpha value is -4.78. The normalized spacial score (nSPS) is 11.2. The van der Waals surface area contributed by atoms with Crippen molar-refractivity contribution in [2.24, 2.45) is 0 Å². The zero-order valence-electron chi connectivity index (χ0n) is 22.1. The predicted molar refractivity (Wildman–Crippen MR) is 153 cm³/mol. The summed E-state index contributed by atoms with van der Waals surface area (Å²) < 4.78 is 11.1. The maximum atomic E-state index is 13.3. The number of benzene rings is 4. The monoisotopic (exact) mass is 523 g/mol. The van der Waals surface area contributed by atoms with E-state index >= 15 is 0 Å². The summed E-state index contributed by atoms with van der Waals surface area (Å²) in [6.45, 7) is 3.25. The Labute approximate surface area is 229 Å². The Kier molecular flexibility index (Phi) is 9.56. The standard InChI is InChI=1S/C32H33N3O4/c1-23-7-6-10-26(21-23)31(36)35-30(32(37)34-20-19-33-27-13-17-28(38-2)18-14-27)25-11-15-29(16-12-25)39-22-24-8-4-3-5-9-24/h3-18,21,30,33H,19-20,22H2,1-2H3,(H,34,37)(H,35,36). The number of carbonyl (C=O) groups excluding carboxylic acids is 2. The summed E-state index contributed by atoms with van der Waals surface area (Å²) in [5.41, 5.74) is 4.10. The molecule has 200 valence electrons. The van der Waals surface area contributed by atoms with Gasteiger partial charge < -0.3 is 25.4 Å². The van der Waals surface area contributed by atoms with Gasteiger partial charge in [0.05, 0.1) is 7.11 Å². The summed E-state index contributed by atoms with van der Waals surface area (Å²) in [5, 5.41) is 9.09. The first-order valence-electron chi connectivity index (χ1n) is 12.8. The Morgan fingerprint density at radius 1 is 0.795 bits per heavy atom. The fourth-order valence-electron chi connectivity index (χ4n) is 4.00. The van der Waals surface area contributed by atoms with E-state index in [-0.39, 0.29) is 11.8 Å². The molecular weight excluding hydrogens is 490 g/mol. The van der Waals surface area contributed by atoms with Crippen LogP contribution in [0.5, 0.6) is 11.5 Å². The van der Waals surface area contributed by atoms with E-state index in [1.54, 1.807) is 31.4 Å². The molecule has 0 heterocycles. The van der Waals surface area contributed by atoms with Crippen LogP contribution in [-0.4, -0.2) is 32.0 Å². The van der Waals surface area contributed by atoms with Crippen LogP contribution in [-0.2, 0) is 11.4 Å². The summed E-state index contributed by atoms with van der Waals surface area (Å²) in [5.74, 6) is 0.832. The number of anilines is 1. The number of amides is 2. The number of ether oxygens (including phenoxy) is 2. The van der Waals surface area contributed by atoms with Crippen LogP contribution < -0.4 is 25.4 Å². The molecule has 4 aromatic carbocycles. The minimum absolute atomic E-state index is 0.300. The lowest BCUT2D eigenvalue weighted by Gasteiger charge is -2.20. The molecule has 0 aliphatic heterocycles. The van der Waals surface area contributed by atoms with Crippen molar-refractivity contribution < 1.29 is 19.1 Å². The lowest BCUT2D eigenvalue weighted by Crippen LogP contribution is -2.41. The average molecular weight is 524 g/mol. The van der Waals surface area contributed by atoms with Crippen LogP contribution in [0.3, 0.4) is 0 Å². The molecule has 1 unspecified atom stereocenters. The molecule has 0 fully saturated rings. The first-order valence-corrected chi connectivity index (χ1v) is 12.8. The molecule has 0 spiro atoms. The second-order valence-corrected chi connectivity index (χ2v) is 9.07. The predicted octanol–water partition coefficient (Wildman–Crippen LogP) is 5.28. The Morgan fingerprint density at radius 2 is 1.51 bits per heavy atom. The zero-order valence-corrected chi connectivity index (χ0v) is 22.1. The Morgan fingerprint density at radius 3 is 2.21 bits per heavy atom. The second kappa shape index (κ2) is 13.7. The molecule has 7 heteroatoms. The van der Waals surface area contributed by atoms with Gasteiger partial charge in [0.1, 0.15) is 24.1 Å². The van der Waals surface area contributed by atoms with E-state index in [0.717, 1.165) is 22.6 Å². The van der Waals surface area contributed by atoms with Crippen LogP contribution in [0.15, 0.2) is 103 Å². The van der Waals surface area contributed by atoms with Crippen molar-refractivity contribution in [3.63, 3.8) is 0 Å². The van der Waals surface area contributed by atoms with Gasteiger partial charge in [-0.15, -0.1) is 0 Å². The van der Waals surface area contributed by atoms with E-state index in [1.165, 1.54) is 0 Å². The number of methoxy groups -OCH3 is 1. The lowest BCUT2D eigenvalue weighted by atomic mass is 10.0. The third-order valence-corrected chi connectivity index (χ3v) is 6.12. The van der Waals surface area contributed by atoms with E-state index in [4.69, 9.17) is 9.47 Å². The minimum Gasteiger partial charge on any atom is -0.497 e.